The van der Waals surface area contributed by atoms with Crippen molar-refractivity contribution in [1.82, 2.24) is 9.97 Å². The summed E-state index contributed by atoms with van der Waals surface area (Å²) >= 11 is 0. The first-order valence-corrected chi connectivity index (χ1v) is 10.3. The van der Waals surface area contributed by atoms with E-state index in [1.807, 2.05) is 19.1 Å². The molecule has 7 nitrogen and oxygen atoms in total. The van der Waals surface area contributed by atoms with Crippen LogP contribution in [0.2, 0.25) is 0 Å². The Labute approximate surface area is 183 Å². The highest BCUT2D eigenvalue weighted by atomic mass is 19.1. The van der Waals surface area contributed by atoms with Crippen molar-refractivity contribution >= 4 is 22.7 Å². The van der Waals surface area contributed by atoms with Crippen molar-refractivity contribution in [2.24, 2.45) is 5.73 Å². The van der Waals surface area contributed by atoms with Gasteiger partial charge in [-0.2, -0.15) is 0 Å². The molecule has 0 atom stereocenters. The number of aryl methyl sites for hydroxylation is 1. The summed E-state index contributed by atoms with van der Waals surface area (Å²) in [4.78, 5) is 21.4. The van der Waals surface area contributed by atoms with Crippen LogP contribution >= 0.6 is 0 Å². The first kappa shape index (κ1) is 20.1. The van der Waals surface area contributed by atoms with E-state index in [2.05, 4.69) is 5.32 Å². The standard InChI is InChI=1S/C24H21FN4O3/c1-13-20(16-6-3-7-17(22(26)30)21(16)32-13)24-28-19-8-9-31-12-18(19)23(29-24)27-11-14-4-2-5-15(25)10-14/h2-7,10H,8-9,11-12H2,1H3,(H2,26,30)(H,27,28,29). The Balaban J connectivity index is 1.61. The third-order valence-corrected chi connectivity index (χ3v) is 5.55. The lowest BCUT2D eigenvalue weighted by atomic mass is 10.1. The van der Waals surface area contributed by atoms with Crippen LogP contribution < -0.4 is 11.1 Å². The van der Waals surface area contributed by atoms with Crippen molar-refractivity contribution in [2.45, 2.75) is 26.5 Å². The van der Waals surface area contributed by atoms with E-state index in [1.165, 1.54) is 12.1 Å². The Hall–Kier alpha value is -3.78. The van der Waals surface area contributed by atoms with E-state index in [1.54, 1.807) is 18.2 Å². The van der Waals surface area contributed by atoms with Gasteiger partial charge < -0.3 is 20.2 Å². The first-order valence-electron chi connectivity index (χ1n) is 10.3. The van der Waals surface area contributed by atoms with Crippen LogP contribution in [0.4, 0.5) is 10.2 Å². The molecule has 162 valence electrons. The summed E-state index contributed by atoms with van der Waals surface area (Å²) in [5.74, 6) is 0.872. The predicted molar refractivity (Wildman–Crippen MR) is 118 cm³/mol. The number of hydrogen-bond donors (Lipinski definition) is 2. The Morgan fingerprint density at radius 1 is 1.22 bits per heavy atom. The largest absolute Gasteiger partial charge is 0.460 e. The molecule has 0 fully saturated rings. The van der Waals surface area contributed by atoms with E-state index in [4.69, 9.17) is 24.9 Å². The smallest absolute Gasteiger partial charge is 0.252 e. The second-order valence-electron chi connectivity index (χ2n) is 7.69. The molecule has 0 saturated heterocycles. The molecule has 5 rings (SSSR count). The molecule has 0 aliphatic carbocycles. The number of carbonyl (C=O) groups is 1. The van der Waals surface area contributed by atoms with Crippen molar-refractivity contribution in [2.75, 3.05) is 11.9 Å². The number of rotatable bonds is 5. The van der Waals surface area contributed by atoms with Crippen LogP contribution in [0, 0.1) is 12.7 Å². The van der Waals surface area contributed by atoms with E-state index < -0.39 is 5.91 Å². The summed E-state index contributed by atoms with van der Waals surface area (Å²) in [6, 6.07) is 11.7. The number of halogens is 1. The molecule has 32 heavy (non-hydrogen) atoms. The summed E-state index contributed by atoms with van der Waals surface area (Å²) in [5.41, 5.74) is 9.55. The fourth-order valence-corrected chi connectivity index (χ4v) is 4.03. The third-order valence-electron chi connectivity index (χ3n) is 5.55. The number of carbonyl (C=O) groups excluding carboxylic acids is 1. The number of nitrogens with two attached hydrogens (primary N) is 1. The lowest BCUT2D eigenvalue weighted by molar-refractivity contribution is 0.100. The number of hydrogen-bond acceptors (Lipinski definition) is 6. The van der Waals surface area contributed by atoms with Gasteiger partial charge in [0.25, 0.3) is 5.91 Å². The maximum Gasteiger partial charge on any atom is 0.252 e. The van der Waals surface area contributed by atoms with Gasteiger partial charge >= 0.3 is 0 Å². The van der Waals surface area contributed by atoms with Gasteiger partial charge in [-0.15, -0.1) is 0 Å². The number of benzene rings is 2. The molecular weight excluding hydrogens is 411 g/mol. The number of amides is 1. The van der Waals surface area contributed by atoms with Crippen molar-refractivity contribution in [3.05, 3.63) is 76.4 Å². The van der Waals surface area contributed by atoms with E-state index in [0.29, 0.717) is 60.3 Å². The summed E-state index contributed by atoms with van der Waals surface area (Å²) in [7, 11) is 0. The predicted octanol–water partition coefficient (Wildman–Crippen LogP) is 4.12. The molecule has 2 aromatic carbocycles. The van der Waals surface area contributed by atoms with Crippen LogP contribution in [0.5, 0.6) is 0 Å². The second-order valence-corrected chi connectivity index (χ2v) is 7.69. The van der Waals surface area contributed by atoms with Crippen molar-refractivity contribution in [1.29, 1.82) is 0 Å². The van der Waals surface area contributed by atoms with Gasteiger partial charge in [-0.25, -0.2) is 14.4 Å². The zero-order chi connectivity index (χ0) is 22.2. The lowest BCUT2D eigenvalue weighted by Crippen LogP contribution is -2.17. The number of para-hydroxylation sites is 1. The van der Waals surface area contributed by atoms with Gasteiger partial charge in [0, 0.05) is 23.9 Å². The number of nitrogens with one attached hydrogen (secondary N) is 1. The van der Waals surface area contributed by atoms with Gasteiger partial charge in [-0.3, -0.25) is 4.79 Å². The number of aromatic nitrogens is 2. The molecule has 8 heteroatoms. The summed E-state index contributed by atoms with van der Waals surface area (Å²) in [5, 5.41) is 4.04. The summed E-state index contributed by atoms with van der Waals surface area (Å²) < 4.78 is 25.1. The molecule has 0 radical (unpaired) electrons. The Morgan fingerprint density at radius 3 is 2.88 bits per heavy atom. The van der Waals surface area contributed by atoms with Crippen LogP contribution in [0.1, 0.15) is 32.9 Å². The van der Waals surface area contributed by atoms with E-state index in [9.17, 15) is 9.18 Å². The number of primary amides is 1. The molecule has 2 aromatic heterocycles. The fraction of sp³-hybridized carbons (Fsp3) is 0.208. The van der Waals surface area contributed by atoms with Crippen LogP contribution in [-0.4, -0.2) is 22.5 Å². The normalized spacial score (nSPS) is 13.2. The zero-order valence-electron chi connectivity index (χ0n) is 17.4. The van der Waals surface area contributed by atoms with Crippen LogP contribution in [0.15, 0.2) is 46.9 Å². The topological polar surface area (TPSA) is 103 Å². The molecule has 1 aliphatic heterocycles. The van der Waals surface area contributed by atoms with Gasteiger partial charge in [0.2, 0.25) is 0 Å². The lowest BCUT2D eigenvalue weighted by Gasteiger charge is -2.20. The molecular formula is C24H21FN4O3. The average molecular weight is 432 g/mol. The maximum atomic E-state index is 13.6. The molecule has 1 amide bonds. The molecule has 1 aliphatic rings. The molecule has 3 N–H and O–H groups in total. The van der Waals surface area contributed by atoms with Crippen molar-refractivity contribution < 1.29 is 18.3 Å². The average Bonchev–Trinajstić information content (AvgIpc) is 3.13. The van der Waals surface area contributed by atoms with Gasteiger partial charge in [-0.1, -0.05) is 24.3 Å². The number of fused-ring (bicyclic) bond motifs is 2. The van der Waals surface area contributed by atoms with Gasteiger partial charge in [0.05, 0.1) is 30.0 Å². The quantitative estimate of drug-likeness (QED) is 0.492. The summed E-state index contributed by atoms with van der Waals surface area (Å²) in [6.07, 6.45) is 0.654. The van der Waals surface area contributed by atoms with E-state index >= 15 is 0 Å². The minimum Gasteiger partial charge on any atom is -0.460 e. The highest BCUT2D eigenvalue weighted by molar-refractivity contribution is 6.07. The fourth-order valence-electron chi connectivity index (χ4n) is 4.03. The SMILES string of the molecule is Cc1oc2c(C(N)=O)cccc2c1-c1nc2c(c(NCc3cccc(F)c3)n1)COCC2. The van der Waals surface area contributed by atoms with E-state index in [-0.39, 0.29) is 5.82 Å². The molecule has 0 bridgehead atoms. The molecule has 4 aromatic rings. The monoisotopic (exact) mass is 432 g/mol. The molecule has 0 saturated carbocycles. The first-order chi connectivity index (χ1) is 15.5. The highest BCUT2D eigenvalue weighted by Gasteiger charge is 2.24. The minimum atomic E-state index is -0.558. The maximum absolute atomic E-state index is 13.6. The van der Waals surface area contributed by atoms with Crippen LogP contribution in [-0.2, 0) is 24.3 Å². The van der Waals surface area contributed by atoms with Gasteiger partial charge in [0.15, 0.2) is 5.82 Å². The number of anilines is 1. The highest BCUT2D eigenvalue weighted by Crippen LogP contribution is 2.36. The second kappa shape index (κ2) is 8.05. The Kier molecular flexibility index (Phi) is 5.07. The van der Waals surface area contributed by atoms with Crippen LogP contribution in [0.3, 0.4) is 0 Å². The number of nitrogens with zero attached hydrogens (tertiary/aromatic N) is 2. The Bertz CT molecular complexity index is 1350. The molecule has 0 unspecified atom stereocenters. The molecule has 3 heterocycles. The number of furan rings is 1. The number of ether oxygens (including phenoxy) is 1. The third kappa shape index (κ3) is 3.58. The van der Waals surface area contributed by atoms with Gasteiger partial charge in [0.1, 0.15) is 23.0 Å². The van der Waals surface area contributed by atoms with Crippen molar-refractivity contribution in [3.8, 4) is 11.4 Å². The van der Waals surface area contributed by atoms with Gasteiger partial charge in [-0.05, 0) is 30.7 Å². The zero-order valence-corrected chi connectivity index (χ0v) is 17.4. The Morgan fingerprint density at radius 2 is 2.06 bits per heavy atom. The minimum absolute atomic E-state index is 0.288. The van der Waals surface area contributed by atoms with E-state index in [0.717, 1.165) is 22.2 Å². The summed E-state index contributed by atoms with van der Waals surface area (Å²) in [6.45, 7) is 3.19. The molecule has 0 spiro atoms. The van der Waals surface area contributed by atoms with Crippen LogP contribution in [0.25, 0.3) is 22.4 Å². The van der Waals surface area contributed by atoms with Crippen molar-refractivity contribution in [3.63, 3.8) is 0 Å².